The van der Waals surface area contributed by atoms with E-state index in [1.54, 1.807) is 0 Å². The van der Waals surface area contributed by atoms with Crippen LogP contribution in [0.5, 0.6) is 0 Å². The molecule has 84 valence electrons. The van der Waals surface area contributed by atoms with Crippen LogP contribution in [0.4, 0.5) is 30.7 Å². The average Bonchev–Trinajstić information content (AvgIpc) is 1.79. The zero-order valence-electron chi connectivity index (χ0n) is 7.22. The Hall–Kier alpha value is -0.750. The molecule has 0 aliphatic carbocycles. The zero-order chi connectivity index (χ0) is 11.7. The lowest BCUT2D eigenvalue weighted by Gasteiger charge is -2.17. The van der Waals surface area contributed by atoms with Crippen LogP contribution in [0.1, 0.15) is 13.8 Å². The first kappa shape index (κ1) is 13.2. The van der Waals surface area contributed by atoms with Gasteiger partial charge in [-0.15, -0.1) is 0 Å². The summed E-state index contributed by atoms with van der Waals surface area (Å²) in [6.07, 6.45) is -10.9. The van der Waals surface area contributed by atoms with E-state index in [1.165, 1.54) is 0 Å². The van der Waals surface area contributed by atoms with Gasteiger partial charge in [0.1, 0.15) is 0 Å². The third-order valence-electron chi connectivity index (χ3n) is 1.37. The number of allylic oxidation sites excluding steroid dienone is 2. The zero-order valence-corrected chi connectivity index (χ0v) is 7.22. The van der Waals surface area contributed by atoms with Crippen molar-refractivity contribution < 1.29 is 30.7 Å². The van der Waals surface area contributed by atoms with Crippen LogP contribution >= 0.6 is 0 Å². The molecule has 0 rings (SSSR count). The Morgan fingerprint density at radius 3 is 1.29 bits per heavy atom. The van der Waals surface area contributed by atoms with Gasteiger partial charge in [0.25, 0.3) is 0 Å². The summed E-state index contributed by atoms with van der Waals surface area (Å²) in [6.45, 7) is 1.68. The fourth-order valence-electron chi connectivity index (χ4n) is 0.858. The van der Waals surface area contributed by atoms with Crippen molar-refractivity contribution >= 4 is 0 Å². The number of rotatable bonds is 1. The summed E-state index contributed by atoms with van der Waals surface area (Å²) in [7, 11) is 0. The first-order chi connectivity index (χ1) is 5.98. The van der Waals surface area contributed by atoms with E-state index in [0.29, 0.717) is 0 Å². The summed E-state index contributed by atoms with van der Waals surface area (Å²) in [4.78, 5) is 0. The third kappa shape index (κ3) is 3.19. The fraction of sp³-hybridized carbons (Fsp3) is 0.714. The molecule has 0 unspecified atom stereocenters. The molecule has 0 aromatic carbocycles. The fourth-order valence-corrected chi connectivity index (χ4v) is 0.858. The first-order valence-corrected chi connectivity index (χ1v) is 3.52. The predicted octanol–water partition coefficient (Wildman–Crippen LogP) is 3.99. The van der Waals surface area contributed by atoms with E-state index in [9.17, 15) is 30.7 Å². The van der Waals surface area contributed by atoms with Gasteiger partial charge in [0.2, 0.25) is 5.83 Å². The maximum atomic E-state index is 12.4. The molecule has 0 atom stereocenters. The largest absolute Gasteiger partial charge is 0.443 e. The summed E-state index contributed by atoms with van der Waals surface area (Å²) < 4.78 is 83.2. The Bertz CT molecular complexity index is 229. The van der Waals surface area contributed by atoms with Gasteiger partial charge in [-0.3, -0.25) is 0 Å². The first-order valence-electron chi connectivity index (χ1n) is 3.52. The molecule has 0 aliphatic rings. The van der Waals surface area contributed by atoms with Crippen molar-refractivity contribution in [2.75, 3.05) is 0 Å². The Balaban J connectivity index is 5.41. The molecule has 0 saturated heterocycles. The molecule has 0 fully saturated rings. The minimum Gasteiger partial charge on any atom is -0.201 e. The molecule has 0 heterocycles. The molecule has 0 radical (unpaired) electrons. The van der Waals surface area contributed by atoms with Crippen LogP contribution in [0, 0.1) is 5.92 Å². The molecule has 0 nitrogen and oxygen atoms in total. The molecule has 0 aromatic heterocycles. The average molecular weight is 224 g/mol. The Morgan fingerprint density at radius 1 is 0.857 bits per heavy atom. The molecule has 0 N–H and O–H groups in total. The van der Waals surface area contributed by atoms with Crippen molar-refractivity contribution in [2.45, 2.75) is 26.2 Å². The molecule has 0 spiro atoms. The summed E-state index contributed by atoms with van der Waals surface area (Å²) in [5, 5.41) is 0. The second kappa shape index (κ2) is 3.78. The van der Waals surface area contributed by atoms with E-state index in [1.807, 2.05) is 0 Å². The van der Waals surface area contributed by atoms with Crippen molar-refractivity contribution in [1.29, 1.82) is 0 Å². The monoisotopic (exact) mass is 224 g/mol. The van der Waals surface area contributed by atoms with Crippen LogP contribution in [-0.4, -0.2) is 12.4 Å². The highest BCUT2D eigenvalue weighted by molar-refractivity contribution is 5.19. The highest BCUT2D eigenvalue weighted by atomic mass is 19.4. The maximum absolute atomic E-state index is 12.4. The third-order valence-corrected chi connectivity index (χ3v) is 1.37. The van der Waals surface area contributed by atoms with E-state index < -0.39 is 29.7 Å². The Morgan fingerprint density at radius 2 is 1.21 bits per heavy atom. The molecule has 0 saturated carbocycles. The van der Waals surface area contributed by atoms with Gasteiger partial charge in [-0.25, -0.2) is 4.39 Å². The molecule has 14 heavy (non-hydrogen) atoms. The highest BCUT2D eigenvalue weighted by Crippen LogP contribution is 2.40. The molecule has 0 bridgehead atoms. The second-order valence-electron chi connectivity index (χ2n) is 2.88. The van der Waals surface area contributed by atoms with Gasteiger partial charge in [0, 0.05) is 0 Å². The van der Waals surface area contributed by atoms with Crippen molar-refractivity contribution in [3.05, 3.63) is 11.4 Å². The van der Waals surface area contributed by atoms with Gasteiger partial charge in [-0.1, -0.05) is 13.8 Å². The highest BCUT2D eigenvalue weighted by Gasteiger charge is 2.47. The van der Waals surface area contributed by atoms with Gasteiger partial charge < -0.3 is 0 Å². The van der Waals surface area contributed by atoms with Crippen molar-refractivity contribution in [1.82, 2.24) is 0 Å². The van der Waals surface area contributed by atoms with Gasteiger partial charge >= 0.3 is 12.4 Å². The second-order valence-corrected chi connectivity index (χ2v) is 2.88. The Kier molecular flexibility index (Phi) is 3.58. The van der Waals surface area contributed by atoms with Gasteiger partial charge in [-0.2, -0.15) is 26.3 Å². The van der Waals surface area contributed by atoms with Crippen LogP contribution in [0.2, 0.25) is 0 Å². The van der Waals surface area contributed by atoms with Crippen LogP contribution in [0.15, 0.2) is 11.4 Å². The topological polar surface area (TPSA) is 0 Å². The Labute approximate surface area is 75.4 Å². The minimum absolute atomic E-state index is 0.841. The number of alkyl halides is 6. The minimum atomic E-state index is -5.59. The number of hydrogen-bond donors (Lipinski definition) is 0. The summed E-state index contributed by atoms with van der Waals surface area (Å²) in [5.41, 5.74) is -2.18. The lowest BCUT2D eigenvalue weighted by atomic mass is 10.0. The molecule has 0 aliphatic heterocycles. The quantitative estimate of drug-likeness (QED) is 0.590. The van der Waals surface area contributed by atoms with Crippen molar-refractivity contribution in [3.63, 3.8) is 0 Å². The van der Waals surface area contributed by atoms with E-state index in [0.717, 1.165) is 13.8 Å². The van der Waals surface area contributed by atoms with E-state index in [2.05, 4.69) is 0 Å². The maximum Gasteiger partial charge on any atom is 0.443 e. The normalized spacial score (nSPS) is 15.9. The molecular weight excluding hydrogens is 217 g/mol. The lowest BCUT2D eigenvalue weighted by molar-refractivity contribution is -0.132. The molecular formula is C7H7F7. The van der Waals surface area contributed by atoms with Gasteiger partial charge in [0.15, 0.2) is 0 Å². The summed E-state index contributed by atoms with van der Waals surface area (Å²) >= 11 is 0. The van der Waals surface area contributed by atoms with Crippen molar-refractivity contribution in [3.8, 4) is 0 Å². The van der Waals surface area contributed by atoms with Crippen molar-refractivity contribution in [2.24, 2.45) is 5.92 Å². The van der Waals surface area contributed by atoms with Gasteiger partial charge in [-0.05, 0) is 5.92 Å². The van der Waals surface area contributed by atoms with Crippen LogP contribution in [-0.2, 0) is 0 Å². The predicted molar refractivity (Wildman–Crippen MR) is 35.1 cm³/mol. The van der Waals surface area contributed by atoms with Crippen LogP contribution < -0.4 is 0 Å². The van der Waals surface area contributed by atoms with E-state index in [-0.39, 0.29) is 0 Å². The van der Waals surface area contributed by atoms with Gasteiger partial charge in [0.05, 0.1) is 5.57 Å². The van der Waals surface area contributed by atoms with E-state index >= 15 is 0 Å². The van der Waals surface area contributed by atoms with Crippen LogP contribution in [0.3, 0.4) is 0 Å². The standard InChI is InChI=1S/C7H7F7/c1-3(2)4(6(9,10)11)5(8)7(12,13)14/h3H,1-2H3/b5-4-. The SMILES string of the molecule is CC(C)/C(=C(/F)C(F)(F)F)C(F)(F)F. The number of halogens is 7. The summed E-state index contributed by atoms with van der Waals surface area (Å²) in [5.74, 6) is -4.64. The molecule has 0 aromatic rings. The number of hydrogen-bond acceptors (Lipinski definition) is 0. The molecule has 0 amide bonds. The summed E-state index contributed by atoms with van der Waals surface area (Å²) in [6, 6.07) is 0. The molecule has 7 heteroatoms. The smallest absolute Gasteiger partial charge is 0.201 e. The van der Waals surface area contributed by atoms with Crippen LogP contribution in [0.25, 0.3) is 0 Å². The lowest BCUT2D eigenvalue weighted by Crippen LogP contribution is -2.23. The van der Waals surface area contributed by atoms with E-state index in [4.69, 9.17) is 0 Å².